The summed E-state index contributed by atoms with van der Waals surface area (Å²) in [5.41, 5.74) is 2.61. The Morgan fingerprint density at radius 2 is 1.88 bits per heavy atom. The normalized spacial score (nSPS) is 10.8. The van der Waals surface area contributed by atoms with E-state index in [1.807, 2.05) is 7.05 Å². The highest BCUT2D eigenvalue weighted by atomic mass is 127. The number of aryl methyl sites for hydroxylation is 1. The molecule has 1 rings (SSSR count). The Labute approximate surface area is 169 Å². The van der Waals surface area contributed by atoms with E-state index in [0.29, 0.717) is 6.42 Å². The zero-order chi connectivity index (χ0) is 17.8. The third kappa shape index (κ3) is 9.67. The molecule has 6 heteroatoms. The molecule has 0 fully saturated rings. The average molecular weight is 461 g/mol. The van der Waals surface area contributed by atoms with Gasteiger partial charge in [0, 0.05) is 33.6 Å². The molecular formula is C19H32IN3O2. The molecule has 0 radical (unpaired) electrons. The molecule has 0 aromatic heterocycles. The van der Waals surface area contributed by atoms with Crippen molar-refractivity contribution in [3.63, 3.8) is 0 Å². The molecule has 0 aliphatic heterocycles. The Kier molecular flexibility index (Phi) is 13.2. The van der Waals surface area contributed by atoms with E-state index in [9.17, 15) is 4.79 Å². The summed E-state index contributed by atoms with van der Waals surface area (Å²) in [6, 6.07) is 8.42. The number of nitrogens with zero attached hydrogens (tertiary/aromatic N) is 2. The van der Waals surface area contributed by atoms with E-state index in [2.05, 4.69) is 58.2 Å². The van der Waals surface area contributed by atoms with Crippen LogP contribution in [0.5, 0.6) is 0 Å². The van der Waals surface area contributed by atoms with E-state index in [0.717, 1.165) is 44.7 Å². The van der Waals surface area contributed by atoms with Crippen LogP contribution in [0.15, 0.2) is 29.3 Å². The number of unbranched alkanes of at least 4 members (excludes halogenated alkanes) is 3. The molecule has 1 aromatic carbocycles. The molecule has 142 valence electrons. The van der Waals surface area contributed by atoms with E-state index in [-0.39, 0.29) is 29.9 Å². The van der Waals surface area contributed by atoms with E-state index in [4.69, 9.17) is 0 Å². The molecule has 0 heterocycles. The lowest BCUT2D eigenvalue weighted by Gasteiger charge is -2.23. The van der Waals surface area contributed by atoms with Crippen LogP contribution < -0.4 is 5.32 Å². The molecule has 1 aromatic rings. The molecule has 0 atom stereocenters. The van der Waals surface area contributed by atoms with Crippen molar-refractivity contribution in [2.75, 3.05) is 27.7 Å². The van der Waals surface area contributed by atoms with Crippen molar-refractivity contribution in [2.24, 2.45) is 4.99 Å². The van der Waals surface area contributed by atoms with E-state index in [1.54, 1.807) is 0 Å². The highest BCUT2D eigenvalue weighted by Gasteiger charge is 2.07. The van der Waals surface area contributed by atoms with Gasteiger partial charge in [0.2, 0.25) is 0 Å². The molecule has 0 aliphatic rings. The number of hydrogen-bond acceptors (Lipinski definition) is 3. The van der Waals surface area contributed by atoms with E-state index >= 15 is 0 Å². The Hall–Kier alpha value is -1.31. The monoisotopic (exact) mass is 461 g/mol. The van der Waals surface area contributed by atoms with Gasteiger partial charge in [0.15, 0.2) is 5.96 Å². The van der Waals surface area contributed by atoms with Crippen LogP contribution in [0, 0.1) is 6.92 Å². The molecule has 0 amide bonds. The Bertz CT molecular complexity index is 535. The lowest BCUT2D eigenvalue weighted by Crippen LogP contribution is -2.39. The van der Waals surface area contributed by atoms with Crippen molar-refractivity contribution < 1.29 is 9.53 Å². The largest absolute Gasteiger partial charge is 0.469 e. The van der Waals surface area contributed by atoms with Gasteiger partial charge in [-0.25, -0.2) is 0 Å². The summed E-state index contributed by atoms with van der Waals surface area (Å²) in [5.74, 6) is 0.791. The van der Waals surface area contributed by atoms with Crippen LogP contribution in [-0.2, 0) is 16.1 Å². The summed E-state index contributed by atoms with van der Waals surface area (Å²) in [6.07, 6.45) is 4.63. The topological polar surface area (TPSA) is 53.9 Å². The molecule has 0 unspecified atom stereocenters. The predicted molar refractivity (Wildman–Crippen MR) is 115 cm³/mol. The van der Waals surface area contributed by atoms with Crippen molar-refractivity contribution in [1.82, 2.24) is 10.2 Å². The predicted octanol–water partition coefficient (Wildman–Crippen LogP) is 3.74. The minimum Gasteiger partial charge on any atom is -0.469 e. The minimum atomic E-state index is -0.119. The number of nitrogens with one attached hydrogen (secondary N) is 1. The van der Waals surface area contributed by atoms with Crippen molar-refractivity contribution in [1.29, 1.82) is 0 Å². The second-order valence-electron chi connectivity index (χ2n) is 6.00. The van der Waals surface area contributed by atoms with Crippen molar-refractivity contribution >= 4 is 35.9 Å². The van der Waals surface area contributed by atoms with Gasteiger partial charge in [0.25, 0.3) is 0 Å². The third-order valence-corrected chi connectivity index (χ3v) is 4.06. The van der Waals surface area contributed by atoms with Crippen molar-refractivity contribution in [3.05, 3.63) is 35.4 Å². The lowest BCUT2D eigenvalue weighted by molar-refractivity contribution is -0.140. The lowest BCUT2D eigenvalue weighted by atomic mass is 10.1. The number of rotatable bonds is 9. The average Bonchev–Trinajstić information content (AvgIpc) is 2.59. The van der Waals surface area contributed by atoms with Gasteiger partial charge in [-0.1, -0.05) is 37.1 Å². The summed E-state index contributed by atoms with van der Waals surface area (Å²) in [7, 11) is 5.30. The first-order valence-corrected chi connectivity index (χ1v) is 8.61. The molecule has 1 N–H and O–H groups in total. The third-order valence-electron chi connectivity index (χ3n) is 4.06. The van der Waals surface area contributed by atoms with Crippen LogP contribution in [0.25, 0.3) is 0 Å². The zero-order valence-electron chi connectivity index (χ0n) is 15.9. The molecule has 0 saturated carbocycles. The zero-order valence-corrected chi connectivity index (χ0v) is 18.2. The van der Waals surface area contributed by atoms with Crippen molar-refractivity contribution in [2.45, 2.75) is 45.6 Å². The van der Waals surface area contributed by atoms with Gasteiger partial charge in [-0.2, -0.15) is 0 Å². The van der Waals surface area contributed by atoms with Gasteiger partial charge in [0.1, 0.15) is 0 Å². The Morgan fingerprint density at radius 1 is 1.20 bits per heavy atom. The molecule has 0 saturated heterocycles. The summed E-state index contributed by atoms with van der Waals surface area (Å²) >= 11 is 0. The maximum absolute atomic E-state index is 11.0. The number of benzene rings is 1. The number of carbonyl (C=O) groups is 1. The molecule has 0 aliphatic carbocycles. The number of hydrogen-bond donors (Lipinski definition) is 1. The summed E-state index contributed by atoms with van der Waals surface area (Å²) in [5, 5.41) is 3.40. The smallest absolute Gasteiger partial charge is 0.305 e. The first-order valence-electron chi connectivity index (χ1n) is 8.61. The highest BCUT2D eigenvalue weighted by Crippen LogP contribution is 2.09. The van der Waals surface area contributed by atoms with Crippen LogP contribution in [0.3, 0.4) is 0 Å². The van der Waals surface area contributed by atoms with Crippen LogP contribution in [0.1, 0.15) is 43.2 Å². The van der Waals surface area contributed by atoms with Gasteiger partial charge in [-0.05, 0) is 30.9 Å². The fraction of sp³-hybridized carbons (Fsp3) is 0.579. The van der Waals surface area contributed by atoms with Crippen LogP contribution >= 0.6 is 24.0 Å². The summed E-state index contributed by atoms with van der Waals surface area (Å²) < 4.78 is 4.63. The first-order chi connectivity index (χ1) is 11.6. The first kappa shape index (κ1) is 23.7. The number of methoxy groups -OCH3 is 1. The maximum Gasteiger partial charge on any atom is 0.305 e. The van der Waals surface area contributed by atoms with Crippen LogP contribution in [-0.4, -0.2) is 44.6 Å². The highest BCUT2D eigenvalue weighted by molar-refractivity contribution is 14.0. The number of aliphatic imine (C=N–C) groups is 1. The van der Waals surface area contributed by atoms with Crippen LogP contribution in [0.2, 0.25) is 0 Å². The summed E-state index contributed by atoms with van der Waals surface area (Å²) in [4.78, 5) is 17.5. The van der Waals surface area contributed by atoms with Gasteiger partial charge < -0.3 is 15.0 Å². The van der Waals surface area contributed by atoms with Gasteiger partial charge in [-0.15, -0.1) is 24.0 Å². The molecule has 0 spiro atoms. The molecular weight excluding hydrogens is 429 g/mol. The fourth-order valence-electron chi connectivity index (χ4n) is 2.55. The Morgan fingerprint density at radius 3 is 2.52 bits per heavy atom. The van der Waals surface area contributed by atoms with Crippen molar-refractivity contribution in [3.8, 4) is 0 Å². The standard InChI is InChI=1S/C19H31N3O2.HI/c1-16-11-8-9-12-17(16)15-22(3)19(20-2)21-14-10-6-5-7-13-18(23)24-4;/h8-9,11-12H,5-7,10,13-15H2,1-4H3,(H,20,21);1H. The second-order valence-corrected chi connectivity index (χ2v) is 6.00. The molecule has 25 heavy (non-hydrogen) atoms. The maximum atomic E-state index is 11.0. The fourth-order valence-corrected chi connectivity index (χ4v) is 2.55. The van der Waals surface area contributed by atoms with E-state index < -0.39 is 0 Å². The minimum absolute atomic E-state index is 0. The quantitative estimate of drug-likeness (QED) is 0.200. The molecule has 5 nitrogen and oxygen atoms in total. The Balaban J connectivity index is 0.00000576. The summed E-state index contributed by atoms with van der Waals surface area (Å²) in [6.45, 7) is 3.86. The van der Waals surface area contributed by atoms with Gasteiger partial charge >= 0.3 is 5.97 Å². The van der Waals surface area contributed by atoms with E-state index in [1.165, 1.54) is 18.2 Å². The second kappa shape index (κ2) is 13.9. The van der Waals surface area contributed by atoms with Gasteiger partial charge in [0.05, 0.1) is 7.11 Å². The number of halogens is 1. The number of esters is 1. The van der Waals surface area contributed by atoms with Gasteiger partial charge in [-0.3, -0.25) is 9.79 Å². The number of guanidine groups is 1. The number of carbonyl (C=O) groups excluding carboxylic acids is 1. The van der Waals surface area contributed by atoms with Crippen LogP contribution in [0.4, 0.5) is 0 Å². The number of ether oxygens (including phenoxy) is 1. The SMILES string of the molecule is CN=C(NCCCCCCC(=O)OC)N(C)Cc1ccccc1C.I. The molecule has 0 bridgehead atoms.